The fourth-order valence-electron chi connectivity index (χ4n) is 2.53. The van der Waals surface area contributed by atoms with Crippen LogP contribution in [0.3, 0.4) is 0 Å². The maximum atomic E-state index is 12.0. The average molecular weight is 315 g/mol. The van der Waals surface area contributed by atoms with Gasteiger partial charge < -0.3 is 14.6 Å². The molecule has 0 radical (unpaired) electrons. The average Bonchev–Trinajstić information content (AvgIpc) is 2.91. The van der Waals surface area contributed by atoms with Crippen LogP contribution < -0.4 is 9.75 Å². The van der Waals surface area contributed by atoms with Crippen molar-refractivity contribution in [3.8, 4) is 11.6 Å². The van der Waals surface area contributed by atoms with Crippen LogP contribution >= 0.6 is 0 Å². The Morgan fingerprint density at radius 1 is 1.35 bits per heavy atom. The first-order valence-electron chi connectivity index (χ1n) is 7.09. The third-order valence-corrected chi connectivity index (χ3v) is 3.70. The lowest BCUT2D eigenvalue weighted by Gasteiger charge is -2.26. The van der Waals surface area contributed by atoms with Gasteiger partial charge in [0.05, 0.1) is 38.6 Å². The summed E-state index contributed by atoms with van der Waals surface area (Å²) in [6.07, 6.45) is 5.29. The Morgan fingerprint density at radius 2 is 2.17 bits per heavy atom. The number of esters is 1. The van der Waals surface area contributed by atoms with Crippen molar-refractivity contribution in [2.75, 3.05) is 25.8 Å². The molecule has 0 amide bonds. The van der Waals surface area contributed by atoms with E-state index >= 15 is 0 Å². The van der Waals surface area contributed by atoms with Crippen molar-refractivity contribution in [1.29, 1.82) is 0 Å². The number of methoxy groups -OCH3 is 2. The number of aromatic hydroxyl groups is 1. The van der Waals surface area contributed by atoms with Gasteiger partial charge in [0.1, 0.15) is 5.75 Å². The highest BCUT2D eigenvalue weighted by molar-refractivity contribution is 5.80. The molecule has 0 spiro atoms. The summed E-state index contributed by atoms with van der Waals surface area (Å²) < 4.78 is 10.1. The van der Waals surface area contributed by atoms with Crippen LogP contribution in [0.5, 0.6) is 11.6 Å². The van der Waals surface area contributed by atoms with E-state index in [1.807, 2.05) is 24.3 Å². The Bertz CT molecular complexity index is 754. The molecule has 1 aliphatic rings. The van der Waals surface area contributed by atoms with Crippen molar-refractivity contribution in [1.82, 2.24) is 9.89 Å². The van der Waals surface area contributed by atoms with E-state index in [-0.39, 0.29) is 11.8 Å². The largest absolute Gasteiger partial charge is 0.497 e. The smallest absolute Gasteiger partial charge is 0.314 e. The molecule has 2 aromatic rings. The summed E-state index contributed by atoms with van der Waals surface area (Å²) in [7, 11) is 2.96. The minimum atomic E-state index is -0.454. The van der Waals surface area contributed by atoms with Crippen LogP contribution in [0.15, 0.2) is 36.5 Å². The molecule has 0 bridgehead atoms. The van der Waals surface area contributed by atoms with E-state index in [0.29, 0.717) is 12.3 Å². The molecule has 7 nitrogen and oxygen atoms in total. The fourth-order valence-corrected chi connectivity index (χ4v) is 2.53. The zero-order chi connectivity index (χ0) is 16.4. The Balaban J connectivity index is 2.08. The Morgan fingerprint density at radius 3 is 2.83 bits per heavy atom. The van der Waals surface area contributed by atoms with Crippen LogP contribution in [0.4, 0.5) is 5.69 Å². The molecule has 0 fully saturated rings. The quantitative estimate of drug-likeness (QED) is 0.869. The van der Waals surface area contributed by atoms with Crippen LogP contribution in [-0.4, -0.2) is 41.7 Å². The normalized spacial score (nSPS) is 16.6. The number of hydrogen-bond acceptors (Lipinski definition) is 6. The van der Waals surface area contributed by atoms with E-state index in [0.717, 1.165) is 11.3 Å². The lowest BCUT2D eigenvalue weighted by molar-refractivity contribution is -0.143. The first kappa shape index (κ1) is 15.0. The number of benzene rings is 1. The number of fused-ring (bicyclic) bond motifs is 1. The molecule has 1 N–H and O–H groups in total. The maximum absolute atomic E-state index is 12.0. The molecular formula is C16H17N3O4. The number of ether oxygens (including phenoxy) is 2. The minimum absolute atomic E-state index is 0.0908. The van der Waals surface area contributed by atoms with Crippen molar-refractivity contribution in [3.63, 3.8) is 0 Å². The topological polar surface area (TPSA) is 76.8 Å². The molecule has 0 saturated carbocycles. The molecule has 0 aliphatic carbocycles. The van der Waals surface area contributed by atoms with Gasteiger partial charge in [-0.25, -0.2) is 0 Å². The molecule has 3 rings (SSSR count). The van der Waals surface area contributed by atoms with Gasteiger partial charge in [0.15, 0.2) is 0 Å². The minimum Gasteiger partial charge on any atom is -0.497 e. The van der Waals surface area contributed by atoms with Gasteiger partial charge in [-0.3, -0.25) is 9.80 Å². The number of carbonyl (C=O) groups is 1. The SMILES string of the molecule is COC(=O)C1C=Cc2cc(OC)ccc2N(n2ccc(O)n2)C1. The third kappa shape index (κ3) is 2.85. The molecule has 2 heterocycles. The van der Waals surface area contributed by atoms with Crippen LogP contribution in [0.25, 0.3) is 6.08 Å². The predicted molar refractivity (Wildman–Crippen MR) is 84.2 cm³/mol. The van der Waals surface area contributed by atoms with Crippen molar-refractivity contribution in [2.45, 2.75) is 0 Å². The van der Waals surface area contributed by atoms with Gasteiger partial charge in [0, 0.05) is 11.6 Å². The van der Waals surface area contributed by atoms with Gasteiger partial charge in [-0.05, 0) is 18.2 Å². The Hall–Kier alpha value is -2.96. The number of rotatable bonds is 3. The van der Waals surface area contributed by atoms with Gasteiger partial charge in [-0.15, -0.1) is 5.10 Å². The standard InChI is InChI=1S/C16H17N3O4/c1-22-13-5-6-14-11(9-13)3-4-12(16(21)23-2)10-18(14)19-8-7-15(20)17-19/h3-9,12H,10H2,1-2H3,(H,17,20). The summed E-state index contributed by atoms with van der Waals surface area (Å²) in [5.41, 5.74) is 1.72. The summed E-state index contributed by atoms with van der Waals surface area (Å²) in [4.78, 5) is 13.5. The van der Waals surface area contributed by atoms with Gasteiger partial charge >= 0.3 is 5.97 Å². The zero-order valence-electron chi connectivity index (χ0n) is 12.8. The molecule has 120 valence electrons. The summed E-state index contributed by atoms with van der Waals surface area (Å²) in [6, 6.07) is 7.08. The van der Waals surface area contributed by atoms with Gasteiger partial charge in [0.2, 0.25) is 5.88 Å². The molecule has 0 saturated heterocycles. The summed E-state index contributed by atoms with van der Waals surface area (Å²) in [5.74, 6) is -0.160. The lowest BCUT2D eigenvalue weighted by atomic mass is 10.1. The molecule has 1 aliphatic heterocycles. The zero-order valence-corrected chi connectivity index (χ0v) is 12.8. The van der Waals surface area contributed by atoms with Gasteiger partial charge in [-0.1, -0.05) is 12.2 Å². The maximum Gasteiger partial charge on any atom is 0.314 e. The first-order chi connectivity index (χ1) is 11.1. The summed E-state index contributed by atoms with van der Waals surface area (Å²) in [6.45, 7) is 0.337. The molecule has 1 atom stereocenters. The number of anilines is 1. The lowest BCUT2D eigenvalue weighted by Crippen LogP contribution is -2.36. The number of carbonyl (C=O) groups excluding carboxylic acids is 1. The molecule has 1 aromatic carbocycles. The Kier molecular flexibility index (Phi) is 3.92. The van der Waals surface area contributed by atoms with Crippen molar-refractivity contribution in [2.24, 2.45) is 5.92 Å². The van der Waals surface area contributed by atoms with Crippen LogP contribution in [0, 0.1) is 5.92 Å². The van der Waals surface area contributed by atoms with E-state index in [4.69, 9.17) is 9.47 Å². The van der Waals surface area contributed by atoms with Crippen LogP contribution in [0.2, 0.25) is 0 Å². The number of nitrogens with zero attached hydrogens (tertiary/aromatic N) is 3. The van der Waals surface area contributed by atoms with Crippen LogP contribution in [0.1, 0.15) is 5.56 Å². The summed E-state index contributed by atoms with van der Waals surface area (Å²) in [5, 5.41) is 15.3. The van der Waals surface area contributed by atoms with Gasteiger partial charge in [0.25, 0.3) is 0 Å². The number of aromatic nitrogens is 2. The van der Waals surface area contributed by atoms with Crippen molar-refractivity contribution >= 4 is 17.7 Å². The highest BCUT2D eigenvalue weighted by Gasteiger charge is 2.26. The van der Waals surface area contributed by atoms with Gasteiger partial charge in [-0.2, -0.15) is 4.79 Å². The first-order valence-corrected chi connectivity index (χ1v) is 7.09. The highest BCUT2D eigenvalue weighted by Crippen LogP contribution is 2.31. The van der Waals surface area contributed by atoms with Crippen molar-refractivity contribution in [3.05, 3.63) is 42.1 Å². The van der Waals surface area contributed by atoms with Crippen LogP contribution in [-0.2, 0) is 9.53 Å². The summed E-state index contributed by atoms with van der Waals surface area (Å²) >= 11 is 0. The van der Waals surface area contributed by atoms with E-state index in [9.17, 15) is 9.90 Å². The molecular weight excluding hydrogens is 298 g/mol. The second kappa shape index (κ2) is 6.04. The molecule has 1 unspecified atom stereocenters. The molecule has 23 heavy (non-hydrogen) atoms. The van der Waals surface area contributed by atoms with E-state index in [1.165, 1.54) is 18.0 Å². The molecule has 7 heteroatoms. The van der Waals surface area contributed by atoms with E-state index < -0.39 is 5.92 Å². The molecule has 1 aromatic heterocycles. The predicted octanol–water partition coefficient (Wildman–Crippen LogP) is 1.68. The van der Waals surface area contributed by atoms with E-state index in [1.54, 1.807) is 24.4 Å². The third-order valence-electron chi connectivity index (χ3n) is 3.70. The second-order valence-corrected chi connectivity index (χ2v) is 5.09. The fraction of sp³-hybridized carbons (Fsp3) is 0.250. The monoisotopic (exact) mass is 315 g/mol. The second-order valence-electron chi connectivity index (χ2n) is 5.09. The number of hydrogen-bond donors (Lipinski definition) is 1. The van der Waals surface area contributed by atoms with E-state index in [2.05, 4.69) is 5.10 Å². The van der Waals surface area contributed by atoms with Crippen molar-refractivity contribution < 1.29 is 19.4 Å². The Labute approximate surface area is 133 Å². The highest BCUT2D eigenvalue weighted by atomic mass is 16.5.